The van der Waals surface area contributed by atoms with Gasteiger partial charge in [0.25, 0.3) is 0 Å². The number of aromatic amines is 1. The van der Waals surface area contributed by atoms with Gasteiger partial charge in [0.05, 0.1) is 5.69 Å². The minimum absolute atomic E-state index is 0.173. The quantitative estimate of drug-likeness (QED) is 0.724. The van der Waals surface area contributed by atoms with Crippen molar-refractivity contribution in [3.05, 3.63) is 30.4 Å². The summed E-state index contributed by atoms with van der Waals surface area (Å²) in [6.07, 6.45) is 3.14. The number of fused-ring (bicyclic) bond motifs is 1. The number of nitrogens with zero attached hydrogens (tertiary/aromatic N) is 2. The summed E-state index contributed by atoms with van der Waals surface area (Å²) in [7, 11) is 0. The molecule has 0 unspecified atom stereocenters. The lowest BCUT2D eigenvalue weighted by molar-refractivity contribution is -0.111. The van der Waals surface area contributed by atoms with Crippen LogP contribution in [0.25, 0.3) is 11.0 Å². The van der Waals surface area contributed by atoms with Gasteiger partial charge in [-0.25, -0.2) is 0 Å². The Morgan fingerprint density at radius 3 is 3.13 bits per heavy atom. The first-order valence-corrected chi connectivity index (χ1v) is 4.54. The minimum atomic E-state index is -0.173. The van der Waals surface area contributed by atoms with E-state index in [0.29, 0.717) is 11.2 Å². The smallest absolute Gasteiger partial charge is 0.248 e. The van der Waals surface area contributed by atoms with E-state index >= 15 is 0 Å². The van der Waals surface area contributed by atoms with Crippen LogP contribution < -0.4 is 5.32 Å². The first-order valence-electron chi connectivity index (χ1n) is 4.54. The molecule has 2 N–H and O–H groups in total. The number of hydrogen-bond acceptors (Lipinski definition) is 3. The third kappa shape index (κ3) is 1.85. The van der Waals surface area contributed by atoms with Crippen molar-refractivity contribution in [3.63, 3.8) is 0 Å². The van der Waals surface area contributed by atoms with Gasteiger partial charge in [0, 0.05) is 0 Å². The molecule has 1 amide bonds. The lowest BCUT2D eigenvalue weighted by Crippen LogP contribution is -2.07. The number of hydrogen-bond donors (Lipinski definition) is 2. The lowest BCUT2D eigenvalue weighted by atomic mass is 10.2. The maximum Gasteiger partial charge on any atom is 0.248 e. The van der Waals surface area contributed by atoms with E-state index in [2.05, 4.69) is 20.7 Å². The van der Waals surface area contributed by atoms with E-state index < -0.39 is 0 Å². The zero-order chi connectivity index (χ0) is 10.7. The first kappa shape index (κ1) is 9.39. The molecule has 5 nitrogen and oxygen atoms in total. The van der Waals surface area contributed by atoms with E-state index in [0.717, 1.165) is 5.52 Å². The summed E-state index contributed by atoms with van der Waals surface area (Å²) in [6, 6.07) is 5.42. The van der Waals surface area contributed by atoms with Gasteiger partial charge in [0.2, 0.25) is 5.91 Å². The van der Waals surface area contributed by atoms with Gasteiger partial charge < -0.3 is 5.32 Å². The summed E-state index contributed by atoms with van der Waals surface area (Å²) in [5.41, 5.74) is 2.05. The summed E-state index contributed by atoms with van der Waals surface area (Å²) >= 11 is 0. The van der Waals surface area contributed by atoms with Crippen LogP contribution in [0.1, 0.15) is 6.92 Å². The summed E-state index contributed by atoms with van der Waals surface area (Å²) in [4.78, 5) is 11.3. The number of rotatable bonds is 2. The molecule has 0 aliphatic heterocycles. The van der Waals surface area contributed by atoms with Crippen LogP contribution in [0, 0.1) is 0 Å². The van der Waals surface area contributed by atoms with Crippen molar-refractivity contribution in [1.29, 1.82) is 0 Å². The van der Waals surface area contributed by atoms with E-state index in [9.17, 15) is 4.79 Å². The average Bonchev–Trinajstić information content (AvgIpc) is 2.67. The fourth-order valence-corrected chi connectivity index (χ4v) is 1.29. The zero-order valence-corrected chi connectivity index (χ0v) is 8.19. The van der Waals surface area contributed by atoms with Gasteiger partial charge in [0.15, 0.2) is 0 Å². The van der Waals surface area contributed by atoms with Crippen molar-refractivity contribution in [2.24, 2.45) is 0 Å². The Labute approximate surface area is 86.2 Å². The Morgan fingerprint density at radius 2 is 2.33 bits per heavy atom. The molecule has 5 heteroatoms. The van der Waals surface area contributed by atoms with Crippen LogP contribution in [-0.4, -0.2) is 21.3 Å². The predicted octanol–water partition coefficient (Wildman–Crippen LogP) is 1.47. The van der Waals surface area contributed by atoms with Crippen molar-refractivity contribution in [1.82, 2.24) is 15.4 Å². The van der Waals surface area contributed by atoms with Crippen molar-refractivity contribution in [2.75, 3.05) is 5.32 Å². The van der Waals surface area contributed by atoms with Gasteiger partial charge in [-0.2, -0.15) is 15.4 Å². The maximum absolute atomic E-state index is 11.3. The molecule has 0 saturated heterocycles. The molecule has 0 bridgehead atoms. The van der Waals surface area contributed by atoms with Crippen LogP contribution >= 0.6 is 0 Å². The Kier molecular flexibility index (Phi) is 2.45. The number of anilines is 1. The third-order valence-corrected chi connectivity index (χ3v) is 1.92. The van der Waals surface area contributed by atoms with Crippen LogP contribution in [-0.2, 0) is 4.79 Å². The molecule has 76 valence electrons. The number of carbonyl (C=O) groups is 1. The normalized spacial score (nSPS) is 11.0. The molecular formula is C10H10N4O. The summed E-state index contributed by atoms with van der Waals surface area (Å²) < 4.78 is 0. The number of H-pyrrole nitrogens is 1. The SMILES string of the molecule is C/C=C/C(=O)Nc1cccc2n[nH]nc12. The molecule has 1 aromatic heterocycles. The predicted molar refractivity (Wildman–Crippen MR) is 57.3 cm³/mol. The largest absolute Gasteiger partial charge is 0.320 e. The highest BCUT2D eigenvalue weighted by Gasteiger charge is 2.05. The van der Waals surface area contributed by atoms with E-state index in [1.807, 2.05) is 12.1 Å². The number of benzene rings is 1. The molecule has 0 spiro atoms. The third-order valence-electron chi connectivity index (χ3n) is 1.92. The Balaban J connectivity index is 2.35. The zero-order valence-electron chi connectivity index (χ0n) is 8.19. The number of allylic oxidation sites excluding steroid dienone is 1. The maximum atomic E-state index is 11.3. The second-order valence-corrected chi connectivity index (χ2v) is 2.99. The number of amides is 1. The van der Waals surface area contributed by atoms with Crippen LogP contribution in [0.3, 0.4) is 0 Å². The second kappa shape index (κ2) is 3.91. The first-order chi connectivity index (χ1) is 7.31. The Hall–Kier alpha value is -2.17. The minimum Gasteiger partial charge on any atom is -0.320 e. The van der Waals surface area contributed by atoms with Gasteiger partial charge in [0.1, 0.15) is 11.0 Å². The summed E-state index contributed by atoms with van der Waals surface area (Å²) in [5.74, 6) is -0.173. The summed E-state index contributed by atoms with van der Waals surface area (Å²) in [6.45, 7) is 1.79. The lowest BCUT2D eigenvalue weighted by Gasteiger charge is -2.01. The van der Waals surface area contributed by atoms with E-state index in [1.165, 1.54) is 6.08 Å². The fourth-order valence-electron chi connectivity index (χ4n) is 1.29. The van der Waals surface area contributed by atoms with Gasteiger partial charge in [-0.1, -0.05) is 12.1 Å². The van der Waals surface area contributed by atoms with Gasteiger partial charge in [-0.05, 0) is 25.1 Å². The molecule has 1 aromatic carbocycles. The van der Waals surface area contributed by atoms with Gasteiger partial charge in [-0.15, -0.1) is 0 Å². The fraction of sp³-hybridized carbons (Fsp3) is 0.100. The highest BCUT2D eigenvalue weighted by Crippen LogP contribution is 2.18. The molecule has 15 heavy (non-hydrogen) atoms. The van der Waals surface area contributed by atoms with Crippen LogP contribution in [0.4, 0.5) is 5.69 Å². The molecule has 0 aliphatic rings. The van der Waals surface area contributed by atoms with Crippen molar-refractivity contribution in [3.8, 4) is 0 Å². The average molecular weight is 202 g/mol. The highest BCUT2D eigenvalue weighted by molar-refractivity contribution is 6.04. The van der Waals surface area contributed by atoms with Crippen molar-refractivity contribution < 1.29 is 4.79 Å². The molecule has 0 saturated carbocycles. The van der Waals surface area contributed by atoms with Crippen molar-refractivity contribution in [2.45, 2.75) is 6.92 Å². The summed E-state index contributed by atoms with van der Waals surface area (Å²) in [5, 5.41) is 13.1. The monoisotopic (exact) mass is 202 g/mol. The van der Waals surface area contributed by atoms with Crippen molar-refractivity contribution >= 4 is 22.6 Å². The number of nitrogens with one attached hydrogen (secondary N) is 2. The highest BCUT2D eigenvalue weighted by atomic mass is 16.1. The molecule has 1 heterocycles. The molecule has 2 rings (SSSR count). The van der Waals surface area contributed by atoms with Crippen LogP contribution in [0.5, 0.6) is 0 Å². The molecule has 0 aliphatic carbocycles. The Bertz CT molecular complexity index is 515. The molecular weight excluding hydrogens is 192 g/mol. The van der Waals surface area contributed by atoms with Crippen LogP contribution in [0.2, 0.25) is 0 Å². The number of aromatic nitrogens is 3. The van der Waals surface area contributed by atoms with Gasteiger partial charge in [-0.3, -0.25) is 4.79 Å². The van der Waals surface area contributed by atoms with E-state index in [4.69, 9.17) is 0 Å². The Morgan fingerprint density at radius 1 is 1.47 bits per heavy atom. The molecule has 0 atom stereocenters. The van der Waals surface area contributed by atoms with Gasteiger partial charge >= 0.3 is 0 Å². The molecule has 2 aromatic rings. The van der Waals surface area contributed by atoms with Crippen LogP contribution in [0.15, 0.2) is 30.4 Å². The van der Waals surface area contributed by atoms with E-state index in [1.54, 1.807) is 19.1 Å². The standard InChI is InChI=1S/C10H10N4O/c1-2-4-9(15)11-7-5-3-6-8-10(7)13-14-12-8/h2-6H,1H3,(H,11,15)(H,12,13,14)/b4-2+. The number of carbonyl (C=O) groups excluding carboxylic acids is 1. The molecule has 0 radical (unpaired) electrons. The topological polar surface area (TPSA) is 70.7 Å². The van der Waals surface area contributed by atoms with E-state index in [-0.39, 0.29) is 5.91 Å². The second-order valence-electron chi connectivity index (χ2n) is 2.99. The number of para-hydroxylation sites is 1. The molecule has 0 fully saturated rings.